The van der Waals surface area contributed by atoms with Crippen LogP contribution in [0.3, 0.4) is 0 Å². The molecule has 0 fully saturated rings. The van der Waals surface area contributed by atoms with E-state index in [4.69, 9.17) is 10.2 Å². The number of hydrogen-bond acceptors (Lipinski definition) is 3. The second-order valence-electron chi connectivity index (χ2n) is 5.29. The molecule has 122 valence electrons. The average molecular weight is 318 g/mol. The molecule has 1 aromatic heterocycles. The van der Waals surface area contributed by atoms with E-state index in [1.54, 1.807) is 0 Å². The van der Waals surface area contributed by atoms with Crippen LogP contribution in [-0.2, 0) is 20.8 Å². The Morgan fingerprint density at radius 1 is 1.17 bits per heavy atom. The third-order valence-electron chi connectivity index (χ3n) is 3.45. The number of benzene rings is 1. The van der Waals surface area contributed by atoms with Crippen molar-refractivity contribution in [2.45, 2.75) is 31.7 Å². The number of para-hydroxylation sites is 1. The zero-order chi connectivity index (χ0) is 16.8. The summed E-state index contributed by atoms with van der Waals surface area (Å²) in [6, 6.07) is 8.46. The molecule has 1 aromatic carbocycles. The van der Waals surface area contributed by atoms with Crippen molar-refractivity contribution < 1.29 is 24.6 Å². The standard InChI is InChI=1S/C16H18N2O5/c19-14(18-13(16(22)23)9-15(20)21)7-3-5-11-8-10-4-1-2-6-12(10)17-11/h1-2,4,6,8,13,17H,3,5,7,9H2,(H,18,19)(H,20,21)(H,22,23)/t13-/m0/s1. The summed E-state index contributed by atoms with van der Waals surface area (Å²) in [6.45, 7) is 0. The van der Waals surface area contributed by atoms with Gasteiger partial charge in [-0.3, -0.25) is 9.59 Å². The molecule has 0 aliphatic carbocycles. The van der Waals surface area contributed by atoms with Crippen molar-refractivity contribution in [3.8, 4) is 0 Å². The number of carbonyl (C=O) groups excluding carboxylic acids is 1. The topological polar surface area (TPSA) is 119 Å². The minimum atomic E-state index is -1.40. The Bertz CT molecular complexity index is 689. The quantitative estimate of drug-likeness (QED) is 0.588. The molecule has 23 heavy (non-hydrogen) atoms. The number of rotatable bonds is 8. The number of aliphatic carboxylic acids is 2. The van der Waals surface area contributed by atoms with Crippen molar-refractivity contribution in [3.63, 3.8) is 0 Å². The highest BCUT2D eigenvalue weighted by Gasteiger charge is 2.22. The monoisotopic (exact) mass is 318 g/mol. The van der Waals surface area contributed by atoms with Crippen molar-refractivity contribution in [2.24, 2.45) is 0 Å². The van der Waals surface area contributed by atoms with Gasteiger partial charge in [0.15, 0.2) is 0 Å². The Balaban J connectivity index is 1.81. The van der Waals surface area contributed by atoms with Gasteiger partial charge in [-0.1, -0.05) is 18.2 Å². The number of aryl methyl sites for hydroxylation is 1. The van der Waals surface area contributed by atoms with E-state index in [1.165, 1.54) is 0 Å². The molecular weight excluding hydrogens is 300 g/mol. The van der Waals surface area contributed by atoms with Crippen molar-refractivity contribution in [1.82, 2.24) is 10.3 Å². The van der Waals surface area contributed by atoms with Crippen molar-refractivity contribution >= 4 is 28.7 Å². The molecule has 7 nitrogen and oxygen atoms in total. The minimum Gasteiger partial charge on any atom is -0.481 e. The Hall–Kier alpha value is -2.83. The fourth-order valence-corrected chi connectivity index (χ4v) is 2.35. The molecule has 2 aromatic rings. The van der Waals surface area contributed by atoms with Gasteiger partial charge in [0, 0.05) is 17.6 Å². The van der Waals surface area contributed by atoms with E-state index in [-0.39, 0.29) is 6.42 Å². The van der Waals surface area contributed by atoms with Gasteiger partial charge in [-0.25, -0.2) is 4.79 Å². The van der Waals surface area contributed by atoms with E-state index in [2.05, 4.69) is 10.3 Å². The first kappa shape index (κ1) is 16.5. The lowest BCUT2D eigenvalue weighted by molar-refractivity contribution is -0.147. The number of carboxylic acid groups (broad SMARTS) is 2. The summed E-state index contributed by atoms with van der Waals surface area (Å²) in [5, 5.41) is 20.8. The van der Waals surface area contributed by atoms with Gasteiger partial charge in [-0.05, 0) is 30.4 Å². The Morgan fingerprint density at radius 3 is 2.57 bits per heavy atom. The van der Waals surface area contributed by atoms with E-state index >= 15 is 0 Å². The van der Waals surface area contributed by atoms with Gasteiger partial charge in [0.1, 0.15) is 6.04 Å². The van der Waals surface area contributed by atoms with Gasteiger partial charge in [0.05, 0.1) is 6.42 Å². The van der Waals surface area contributed by atoms with Crippen LogP contribution in [0.15, 0.2) is 30.3 Å². The zero-order valence-corrected chi connectivity index (χ0v) is 12.4. The predicted octanol–water partition coefficient (Wildman–Crippen LogP) is 1.53. The molecule has 0 spiro atoms. The summed E-state index contributed by atoms with van der Waals surface area (Å²) >= 11 is 0. The lowest BCUT2D eigenvalue weighted by Crippen LogP contribution is -2.42. The fourth-order valence-electron chi connectivity index (χ4n) is 2.35. The van der Waals surface area contributed by atoms with Crippen LogP contribution < -0.4 is 5.32 Å². The number of hydrogen-bond donors (Lipinski definition) is 4. The molecule has 1 atom stereocenters. The highest BCUT2D eigenvalue weighted by molar-refractivity contribution is 5.86. The van der Waals surface area contributed by atoms with E-state index in [9.17, 15) is 14.4 Å². The third kappa shape index (κ3) is 4.84. The first-order chi connectivity index (χ1) is 11.0. The summed E-state index contributed by atoms with van der Waals surface area (Å²) in [7, 11) is 0. The van der Waals surface area contributed by atoms with Gasteiger partial charge in [0.25, 0.3) is 0 Å². The van der Waals surface area contributed by atoms with Gasteiger partial charge in [0.2, 0.25) is 5.91 Å². The zero-order valence-electron chi connectivity index (χ0n) is 12.4. The van der Waals surface area contributed by atoms with Crippen LogP contribution in [0.2, 0.25) is 0 Å². The largest absolute Gasteiger partial charge is 0.481 e. The normalized spacial score (nSPS) is 12.0. The molecule has 0 aliphatic heterocycles. The molecule has 0 bridgehead atoms. The van der Waals surface area contributed by atoms with Gasteiger partial charge in [-0.2, -0.15) is 0 Å². The van der Waals surface area contributed by atoms with Crippen molar-refractivity contribution in [3.05, 3.63) is 36.0 Å². The maximum atomic E-state index is 11.7. The number of H-pyrrole nitrogens is 1. The van der Waals surface area contributed by atoms with Gasteiger partial charge < -0.3 is 20.5 Å². The van der Waals surface area contributed by atoms with Gasteiger partial charge >= 0.3 is 11.9 Å². The van der Waals surface area contributed by atoms with Crippen LogP contribution in [-0.4, -0.2) is 39.1 Å². The molecule has 1 heterocycles. The number of carboxylic acids is 2. The molecule has 1 amide bonds. The Labute approximate surface area is 132 Å². The molecule has 0 aliphatic rings. The molecule has 0 saturated carbocycles. The summed E-state index contributed by atoms with van der Waals surface area (Å²) in [6.07, 6.45) is 0.693. The number of fused-ring (bicyclic) bond motifs is 1. The van der Waals surface area contributed by atoms with Crippen LogP contribution in [0, 0.1) is 0 Å². The number of carbonyl (C=O) groups is 3. The smallest absolute Gasteiger partial charge is 0.326 e. The summed E-state index contributed by atoms with van der Waals surface area (Å²) < 4.78 is 0. The fraction of sp³-hybridized carbons (Fsp3) is 0.312. The lowest BCUT2D eigenvalue weighted by Gasteiger charge is -2.12. The maximum Gasteiger partial charge on any atom is 0.326 e. The van der Waals surface area contributed by atoms with Crippen LogP contribution in [0.5, 0.6) is 0 Å². The second kappa shape index (κ2) is 7.44. The van der Waals surface area contributed by atoms with Crippen LogP contribution in [0.1, 0.15) is 25.0 Å². The van der Waals surface area contributed by atoms with Crippen LogP contribution >= 0.6 is 0 Å². The summed E-state index contributed by atoms with van der Waals surface area (Å²) in [5.41, 5.74) is 2.03. The van der Waals surface area contributed by atoms with E-state index in [0.29, 0.717) is 12.8 Å². The number of amides is 1. The number of aromatic nitrogens is 1. The first-order valence-electron chi connectivity index (χ1n) is 7.26. The minimum absolute atomic E-state index is 0.138. The SMILES string of the molecule is O=C(O)C[C@H](NC(=O)CCCc1cc2ccccc2[nH]1)C(=O)O. The average Bonchev–Trinajstić information content (AvgIpc) is 2.88. The second-order valence-corrected chi connectivity index (χ2v) is 5.29. The highest BCUT2D eigenvalue weighted by Crippen LogP contribution is 2.16. The van der Waals surface area contributed by atoms with Crippen LogP contribution in [0.4, 0.5) is 0 Å². The maximum absolute atomic E-state index is 11.7. The van der Waals surface area contributed by atoms with Crippen molar-refractivity contribution in [2.75, 3.05) is 0 Å². The van der Waals surface area contributed by atoms with Crippen molar-refractivity contribution in [1.29, 1.82) is 0 Å². The summed E-state index contributed by atoms with van der Waals surface area (Å²) in [4.78, 5) is 36.4. The molecule has 0 unspecified atom stereocenters. The molecule has 0 saturated heterocycles. The Morgan fingerprint density at radius 2 is 1.91 bits per heavy atom. The Kier molecular flexibility index (Phi) is 5.35. The van der Waals surface area contributed by atoms with E-state index in [0.717, 1.165) is 16.6 Å². The third-order valence-corrected chi connectivity index (χ3v) is 3.45. The molecule has 2 rings (SSSR count). The number of nitrogens with one attached hydrogen (secondary N) is 2. The van der Waals surface area contributed by atoms with E-state index in [1.807, 2.05) is 30.3 Å². The lowest BCUT2D eigenvalue weighted by atomic mass is 10.1. The molecule has 4 N–H and O–H groups in total. The van der Waals surface area contributed by atoms with Crippen LogP contribution in [0.25, 0.3) is 10.9 Å². The molecule has 7 heteroatoms. The highest BCUT2D eigenvalue weighted by atomic mass is 16.4. The van der Waals surface area contributed by atoms with E-state index < -0.39 is 30.3 Å². The summed E-state index contributed by atoms with van der Waals surface area (Å²) in [5.74, 6) is -3.08. The number of aromatic amines is 1. The molecule has 0 radical (unpaired) electrons. The first-order valence-corrected chi connectivity index (χ1v) is 7.26. The molecular formula is C16H18N2O5. The predicted molar refractivity (Wildman–Crippen MR) is 83.1 cm³/mol. The van der Waals surface area contributed by atoms with Gasteiger partial charge in [-0.15, -0.1) is 0 Å².